The zero-order valence-corrected chi connectivity index (χ0v) is 9.24. The van der Waals surface area contributed by atoms with Gasteiger partial charge in [-0.1, -0.05) is 0 Å². The molecule has 1 unspecified atom stereocenters. The Labute approximate surface area is 89.7 Å². The molecule has 0 fully saturated rings. The van der Waals surface area contributed by atoms with E-state index in [2.05, 4.69) is 5.92 Å². The fourth-order valence-corrected chi connectivity index (χ4v) is 1.93. The molecule has 1 heterocycles. The molecule has 80 valence electrons. The van der Waals surface area contributed by atoms with Gasteiger partial charge in [-0.15, -0.1) is 12.3 Å². The molecule has 1 N–H and O–H groups in total. The molecule has 0 aliphatic rings. The third-order valence-electron chi connectivity index (χ3n) is 2.57. The van der Waals surface area contributed by atoms with Crippen LogP contribution < -0.4 is 0 Å². The van der Waals surface area contributed by atoms with Crippen molar-refractivity contribution in [2.75, 3.05) is 0 Å². The molecule has 0 spiro atoms. The Morgan fingerprint density at radius 3 is 2.67 bits per heavy atom. The van der Waals surface area contributed by atoms with E-state index in [9.17, 15) is 4.79 Å². The molecule has 0 saturated heterocycles. The highest BCUT2D eigenvalue weighted by Crippen LogP contribution is 2.21. The zero-order valence-electron chi connectivity index (χ0n) is 9.24. The highest BCUT2D eigenvalue weighted by Gasteiger charge is 2.17. The minimum Gasteiger partial charge on any atom is -0.478 e. The van der Waals surface area contributed by atoms with Crippen molar-refractivity contribution in [1.29, 1.82) is 0 Å². The molecule has 0 saturated carbocycles. The first-order valence-electron chi connectivity index (χ1n) is 4.84. The topological polar surface area (TPSA) is 42.2 Å². The number of rotatable bonds is 3. The molecule has 0 aliphatic heterocycles. The lowest BCUT2D eigenvalue weighted by Gasteiger charge is -2.15. The normalized spacial score (nSPS) is 12.1. The van der Waals surface area contributed by atoms with Crippen LogP contribution in [0.2, 0.25) is 0 Å². The number of carboxylic acids is 1. The van der Waals surface area contributed by atoms with Crippen LogP contribution in [0.1, 0.15) is 41.1 Å². The first-order chi connectivity index (χ1) is 6.99. The summed E-state index contributed by atoms with van der Waals surface area (Å²) in [5.74, 6) is 1.70. The number of hydrogen-bond donors (Lipinski definition) is 1. The van der Waals surface area contributed by atoms with Crippen molar-refractivity contribution < 1.29 is 9.90 Å². The van der Waals surface area contributed by atoms with Crippen molar-refractivity contribution in [2.45, 2.75) is 33.2 Å². The van der Waals surface area contributed by atoms with Crippen molar-refractivity contribution in [3.8, 4) is 12.3 Å². The third kappa shape index (κ3) is 2.04. The van der Waals surface area contributed by atoms with Crippen LogP contribution in [0.25, 0.3) is 0 Å². The summed E-state index contributed by atoms with van der Waals surface area (Å²) < 4.78 is 1.98. The number of aromatic carboxylic acids is 1. The molecule has 15 heavy (non-hydrogen) atoms. The summed E-state index contributed by atoms with van der Waals surface area (Å²) in [6, 6.07) is 1.83. The van der Waals surface area contributed by atoms with E-state index in [1.807, 2.05) is 25.3 Å². The van der Waals surface area contributed by atoms with Crippen molar-refractivity contribution in [1.82, 2.24) is 4.57 Å². The summed E-state index contributed by atoms with van der Waals surface area (Å²) in [4.78, 5) is 10.9. The van der Waals surface area contributed by atoms with Crippen LogP contribution in [0.5, 0.6) is 0 Å². The molecule has 1 atom stereocenters. The molecule has 0 aromatic carbocycles. The largest absolute Gasteiger partial charge is 0.478 e. The van der Waals surface area contributed by atoms with Gasteiger partial charge in [-0.2, -0.15) is 0 Å². The molecule has 1 aromatic heterocycles. The Morgan fingerprint density at radius 1 is 1.67 bits per heavy atom. The van der Waals surface area contributed by atoms with Crippen LogP contribution in [0.4, 0.5) is 0 Å². The number of carbonyl (C=O) groups is 1. The SMILES string of the molecule is C#CCC(C)n1c(C)cc(C(=O)O)c1C. The number of aromatic nitrogens is 1. The van der Waals surface area contributed by atoms with Crippen LogP contribution in [0.3, 0.4) is 0 Å². The third-order valence-corrected chi connectivity index (χ3v) is 2.57. The van der Waals surface area contributed by atoms with Gasteiger partial charge in [0, 0.05) is 23.9 Å². The van der Waals surface area contributed by atoms with Crippen molar-refractivity contribution in [3.63, 3.8) is 0 Å². The Kier molecular flexibility index (Phi) is 3.21. The van der Waals surface area contributed by atoms with Crippen molar-refractivity contribution >= 4 is 5.97 Å². The number of nitrogens with zero attached hydrogens (tertiary/aromatic N) is 1. The molecule has 0 amide bonds. The van der Waals surface area contributed by atoms with Crippen LogP contribution in [0, 0.1) is 26.2 Å². The molecule has 0 radical (unpaired) electrons. The van der Waals surface area contributed by atoms with Gasteiger partial charge in [0.25, 0.3) is 0 Å². The summed E-state index contributed by atoms with van der Waals surface area (Å²) in [6.07, 6.45) is 5.86. The summed E-state index contributed by atoms with van der Waals surface area (Å²) in [7, 11) is 0. The highest BCUT2D eigenvalue weighted by atomic mass is 16.4. The minimum absolute atomic E-state index is 0.142. The monoisotopic (exact) mass is 205 g/mol. The predicted octanol–water partition coefficient (Wildman–Crippen LogP) is 2.39. The first-order valence-corrected chi connectivity index (χ1v) is 4.84. The lowest BCUT2D eigenvalue weighted by Crippen LogP contribution is -2.09. The fraction of sp³-hybridized carbons (Fsp3) is 0.417. The summed E-state index contributed by atoms with van der Waals surface area (Å²) in [5.41, 5.74) is 2.06. The molecule has 3 nitrogen and oxygen atoms in total. The Balaban J connectivity index is 3.20. The van der Waals surface area contributed by atoms with Gasteiger partial charge in [0.15, 0.2) is 0 Å². The summed E-state index contributed by atoms with van der Waals surface area (Å²) in [5, 5.41) is 8.96. The highest BCUT2D eigenvalue weighted by molar-refractivity contribution is 5.89. The van der Waals surface area contributed by atoms with Gasteiger partial charge in [-0.25, -0.2) is 4.79 Å². The van der Waals surface area contributed by atoms with Crippen LogP contribution in [0.15, 0.2) is 6.07 Å². The quantitative estimate of drug-likeness (QED) is 0.770. The first kappa shape index (κ1) is 11.4. The van der Waals surface area contributed by atoms with Gasteiger partial charge < -0.3 is 9.67 Å². The number of carboxylic acid groups (broad SMARTS) is 1. The average molecular weight is 205 g/mol. The van der Waals surface area contributed by atoms with E-state index in [-0.39, 0.29) is 6.04 Å². The van der Waals surface area contributed by atoms with E-state index in [1.165, 1.54) is 0 Å². The van der Waals surface area contributed by atoms with E-state index in [4.69, 9.17) is 11.5 Å². The van der Waals surface area contributed by atoms with Gasteiger partial charge in [-0.05, 0) is 26.8 Å². The molecular weight excluding hydrogens is 190 g/mol. The predicted molar refractivity (Wildman–Crippen MR) is 59.0 cm³/mol. The molecule has 3 heteroatoms. The van der Waals surface area contributed by atoms with E-state index >= 15 is 0 Å². The second-order valence-corrected chi connectivity index (χ2v) is 3.72. The minimum atomic E-state index is -0.887. The lowest BCUT2D eigenvalue weighted by molar-refractivity contribution is 0.0696. The number of aryl methyl sites for hydroxylation is 1. The molecular formula is C12H15NO2. The smallest absolute Gasteiger partial charge is 0.337 e. The van der Waals surface area contributed by atoms with E-state index < -0.39 is 5.97 Å². The number of terminal acetylenes is 1. The zero-order chi connectivity index (χ0) is 11.6. The van der Waals surface area contributed by atoms with Gasteiger partial charge in [0.2, 0.25) is 0 Å². The van der Waals surface area contributed by atoms with Gasteiger partial charge in [0.1, 0.15) is 0 Å². The molecule has 0 aliphatic carbocycles. The number of hydrogen-bond acceptors (Lipinski definition) is 1. The van der Waals surface area contributed by atoms with E-state index in [1.54, 1.807) is 6.07 Å². The maximum Gasteiger partial charge on any atom is 0.337 e. The van der Waals surface area contributed by atoms with Crippen LogP contribution >= 0.6 is 0 Å². The van der Waals surface area contributed by atoms with Crippen molar-refractivity contribution in [3.05, 3.63) is 23.0 Å². The lowest BCUT2D eigenvalue weighted by atomic mass is 10.2. The fourth-order valence-electron chi connectivity index (χ4n) is 1.93. The molecule has 1 aromatic rings. The van der Waals surface area contributed by atoms with Crippen molar-refractivity contribution in [2.24, 2.45) is 0 Å². The Hall–Kier alpha value is -1.69. The summed E-state index contributed by atoms with van der Waals surface area (Å²) >= 11 is 0. The van der Waals surface area contributed by atoms with Gasteiger partial charge in [-0.3, -0.25) is 0 Å². The van der Waals surface area contributed by atoms with Gasteiger partial charge >= 0.3 is 5.97 Å². The Bertz CT molecular complexity index is 424. The van der Waals surface area contributed by atoms with E-state index in [0.717, 1.165) is 11.4 Å². The van der Waals surface area contributed by atoms with Crippen LogP contribution in [-0.2, 0) is 0 Å². The van der Waals surface area contributed by atoms with Crippen LogP contribution in [-0.4, -0.2) is 15.6 Å². The van der Waals surface area contributed by atoms with E-state index in [0.29, 0.717) is 12.0 Å². The molecule has 1 rings (SSSR count). The second kappa shape index (κ2) is 4.22. The summed E-state index contributed by atoms with van der Waals surface area (Å²) in [6.45, 7) is 5.70. The standard InChI is InChI=1S/C12H15NO2/c1-5-6-8(2)13-9(3)7-11(10(13)4)12(14)15/h1,7-8H,6H2,2-4H3,(H,14,15). The second-order valence-electron chi connectivity index (χ2n) is 3.72. The Morgan fingerprint density at radius 2 is 2.27 bits per heavy atom. The maximum atomic E-state index is 10.9. The average Bonchev–Trinajstić information content (AvgIpc) is 2.42. The molecule has 0 bridgehead atoms. The van der Waals surface area contributed by atoms with Gasteiger partial charge in [0.05, 0.1) is 5.56 Å². The maximum absolute atomic E-state index is 10.9.